The van der Waals surface area contributed by atoms with E-state index >= 15 is 0 Å². The Morgan fingerprint density at radius 3 is 2.95 bits per heavy atom. The molecule has 0 spiro atoms. The average Bonchev–Trinajstić information content (AvgIpc) is 2.97. The number of fused-ring (bicyclic) bond motifs is 1. The van der Waals surface area contributed by atoms with Crippen LogP contribution < -0.4 is 14.8 Å². The second-order valence-electron chi connectivity index (χ2n) is 5.37. The van der Waals surface area contributed by atoms with E-state index in [-0.39, 0.29) is 6.10 Å². The lowest BCUT2D eigenvalue weighted by Gasteiger charge is -2.12. The Kier molecular flexibility index (Phi) is 3.45. The number of benzene rings is 1. The van der Waals surface area contributed by atoms with Gasteiger partial charge in [-0.3, -0.25) is 0 Å². The summed E-state index contributed by atoms with van der Waals surface area (Å²) in [6, 6.07) is 4.06. The van der Waals surface area contributed by atoms with E-state index in [2.05, 4.69) is 28.4 Å². The van der Waals surface area contributed by atoms with Crippen molar-refractivity contribution < 1.29 is 9.47 Å². The van der Waals surface area contributed by atoms with Crippen LogP contribution in [0.15, 0.2) is 12.1 Å². The van der Waals surface area contributed by atoms with E-state index in [0.29, 0.717) is 6.54 Å². The summed E-state index contributed by atoms with van der Waals surface area (Å²) in [7, 11) is 3.56. The van der Waals surface area contributed by atoms with Gasteiger partial charge in [0, 0.05) is 31.1 Å². The Bertz CT molecular complexity index is 666. The largest absolute Gasteiger partial charge is 0.497 e. The standard InChI is InChI=1S/C15H20N4O2/c1-9-5-11-6-13(20-4)7-12(14(11)21-9)8-16-15-17-10(2)18-19(15)3/h6-7,9H,5,8H2,1-4H3,(H,16,17,18)/t9-/m0/s1. The Labute approximate surface area is 124 Å². The highest BCUT2D eigenvalue weighted by atomic mass is 16.5. The lowest BCUT2D eigenvalue weighted by molar-refractivity contribution is 0.252. The summed E-state index contributed by atoms with van der Waals surface area (Å²) in [6.07, 6.45) is 1.13. The number of rotatable bonds is 4. The van der Waals surface area contributed by atoms with Crippen LogP contribution in [0, 0.1) is 6.92 Å². The van der Waals surface area contributed by atoms with Gasteiger partial charge in [0.2, 0.25) is 5.95 Å². The first kappa shape index (κ1) is 13.7. The van der Waals surface area contributed by atoms with Crippen molar-refractivity contribution in [2.24, 2.45) is 7.05 Å². The number of hydrogen-bond acceptors (Lipinski definition) is 5. The van der Waals surface area contributed by atoms with Crippen LogP contribution >= 0.6 is 0 Å². The van der Waals surface area contributed by atoms with E-state index in [9.17, 15) is 0 Å². The molecule has 0 saturated heterocycles. The average molecular weight is 288 g/mol. The maximum atomic E-state index is 5.92. The molecule has 0 unspecified atom stereocenters. The smallest absolute Gasteiger partial charge is 0.221 e. The van der Waals surface area contributed by atoms with Gasteiger partial charge in [-0.1, -0.05) is 0 Å². The minimum Gasteiger partial charge on any atom is -0.497 e. The van der Waals surface area contributed by atoms with Crippen LogP contribution in [0.3, 0.4) is 0 Å². The third-order valence-corrected chi connectivity index (χ3v) is 3.58. The van der Waals surface area contributed by atoms with Gasteiger partial charge < -0.3 is 14.8 Å². The van der Waals surface area contributed by atoms with Gasteiger partial charge in [0.25, 0.3) is 0 Å². The molecule has 0 amide bonds. The highest BCUT2D eigenvalue weighted by Crippen LogP contribution is 2.36. The van der Waals surface area contributed by atoms with Crippen molar-refractivity contribution in [2.75, 3.05) is 12.4 Å². The molecule has 0 aliphatic carbocycles. The van der Waals surface area contributed by atoms with E-state index in [4.69, 9.17) is 9.47 Å². The lowest BCUT2D eigenvalue weighted by Crippen LogP contribution is -2.08. The maximum Gasteiger partial charge on any atom is 0.221 e. The van der Waals surface area contributed by atoms with Gasteiger partial charge in [0.1, 0.15) is 23.4 Å². The SMILES string of the molecule is COc1cc(CNc2nc(C)nn2C)c2c(c1)C[C@H](C)O2. The number of aryl methyl sites for hydroxylation is 2. The van der Waals surface area contributed by atoms with Crippen LogP contribution in [-0.4, -0.2) is 28.0 Å². The minimum absolute atomic E-state index is 0.211. The molecular formula is C15H20N4O2. The summed E-state index contributed by atoms with van der Waals surface area (Å²) in [5, 5.41) is 7.53. The van der Waals surface area contributed by atoms with Gasteiger partial charge in [-0.05, 0) is 26.0 Å². The van der Waals surface area contributed by atoms with Crippen LogP contribution in [0.2, 0.25) is 0 Å². The summed E-state index contributed by atoms with van der Waals surface area (Å²) in [4.78, 5) is 4.35. The lowest BCUT2D eigenvalue weighted by atomic mass is 10.1. The monoisotopic (exact) mass is 288 g/mol. The molecule has 0 fully saturated rings. The van der Waals surface area contributed by atoms with Crippen LogP contribution in [0.25, 0.3) is 0 Å². The predicted octanol–water partition coefficient (Wildman–Crippen LogP) is 2.07. The third kappa shape index (κ3) is 2.66. The molecule has 6 nitrogen and oxygen atoms in total. The quantitative estimate of drug-likeness (QED) is 0.933. The van der Waals surface area contributed by atoms with Crippen LogP contribution in [0.4, 0.5) is 5.95 Å². The number of aromatic nitrogens is 3. The molecule has 1 aromatic carbocycles. The molecule has 3 rings (SSSR count). The van der Waals surface area contributed by atoms with Crippen molar-refractivity contribution >= 4 is 5.95 Å². The molecule has 21 heavy (non-hydrogen) atoms. The number of methoxy groups -OCH3 is 1. The molecule has 1 aliphatic rings. The first-order valence-electron chi connectivity index (χ1n) is 7.04. The molecule has 1 aromatic heterocycles. The fourth-order valence-corrected chi connectivity index (χ4v) is 2.67. The van der Waals surface area contributed by atoms with Crippen molar-refractivity contribution in [1.82, 2.24) is 14.8 Å². The molecule has 0 radical (unpaired) electrons. The zero-order chi connectivity index (χ0) is 15.0. The van der Waals surface area contributed by atoms with Crippen molar-refractivity contribution in [3.05, 3.63) is 29.1 Å². The van der Waals surface area contributed by atoms with Crippen molar-refractivity contribution in [1.29, 1.82) is 0 Å². The molecule has 0 bridgehead atoms. The summed E-state index contributed by atoms with van der Waals surface area (Å²) < 4.78 is 13.0. The van der Waals surface area contributed by atoms with Gasteiger partial charge >= 0.3 is 0 Å². The first-order chi connectivity index (χ1) is 10.1. The molecule has 2 aromatic rings. The number of ether oxygens (including phenoxy) is 2. The van der Waals surface area contributed by atoms with E-state index < -0.39 is 0 Å². The van der Waals surface area contributed by atoms with Crippen LogP contribution in [0.1, 0.15) is 23.9 Å². The van der Waals surface area contributed by atoms with Gasteiger partial charge in [-0.25, -0.2) is 4.68 Å². The van der Waals surface area contributed by atoms with E-state index in [1.807, 2.05) is 20.0 Å². The second kappa shape index (κ2) is 5.27. The highest BCUT2D eigenvalue weighted by Gasteiger charge is 2.23. The number of anilines is 1. The topological polar surface area (TPSA) is 61.2 Å². The first-order valence-corrected chi connectivity index (χ1v) is 7.04. The number of hydrogen-bond donors (Lipinski definition) is 1. The molecule has 2 heterocycles. The van der Waals surface area contributed by atoms with Crippen molar-refractivity contribution in [3.63, 3.8) is 0 Å². The molecule has 6 heteroatoms. The zero-order valence-electron chi connectivity index (χ0n) is 12.8. The van der Waals surface area contributed by atoms with Crippen LogP contribution in [-0.2, 0) is 20.0 Å². The second-order valence-corrected chi connectivity index (χ2v) is 5.37. The normalized spacial score (nSPS) is 16.5. The molecular weight excluding hydrogens is 268 g/mol. The van der Waals surface area contributed by atoms with Gasteiger partial charge in [0.15, 0.2) is 0 Å². The Hall–Kier alpha value is -2.24. The molecule has 1 atom stereocenters. The predicted molar refractivity (Wildman–Crippen MR) is 79.9 cm³/mol. The summed E-state index contributed by atoms with van der Waals surface area (Å²) in [5.41, 5.74) is 2.28. The number of nitrogens with zero attached hydrogens (tertiary/aromatic N) is 3. The van der Waals surface area contributed by atoms with Gasteiger partial charge in [-0.15, -0.1) is 0 Å². The molecule has 1 N–H and O–H groups in total. The van der Waals surface area contributed by atoms with E-state index in [0.717, 1.165) is 35.3 Å². The number of nitrogens with one attached hydrogen (secondary N) is 1. The van der Waals surface area contributed by atoms with Crippen molar-refractivity contribution in [2.45, 2.75) is 32.9 Å². The molecule has 0 saturated carbocycles. The Morgan fingerprint density at radius 1 is 1.48 bits per heavy atom. The van der Waals surface area contributed by atoms with E-state index in [1.165, 1.54) is 5.56 Å². The van der Waals surface area contributed by atoms with Gasteiger partial charge in [0.05, 0.1) is 7.11 Å². The summed E-state index contributed by atoms with van der Waals surface area (Å²) in [5.74, 6) is 3.32. The molecule has 112 valence electrons. The highest BCUT2D eigenvalue weighted by molar-refractivity contribution is 5.50. The summed E-state index contributed by atoms with van der Waals surface area (Å²) >= 11 is 0. The third-order valence-electron chi connectivity index (χ3n) is 3.58. The Balaban J connectivity index is 1.85. The maximum absolute atomic E-state index is 5.92. The summed E-state index contributed by atoms with van der Waals surface area (Å²) in [6.45, 7) is 4.58. The van der Waals surface area contributed by atoms with Crippen LogP contribution in [0.5, 0.6) is 11.5 Å². The Morgan fingerprint density at radius 2 is 2.29 bits per heavy atom. The van der Waals surface area contributed by atoms with Crippen molar-refractivity contribution in [3.8, 4) is 11.5 Å². The molecule has 1 aliphatic heterocycles. The zero-order valence-corrected chi connectivity index (χ0v) is 12.8. The van der Waals surface area contributed by atoms with E-state index in [1.54, 1.807) is 11.8 Å². The fourth-order valence-electron chi connectivity index (χ4n) is 2.67. The van der Waals surface area contributed by atoms with Gasteiger partial charge in [-0.2, -0.15) is 10.1 Å². The fraction of sp³-hybridized carbons (Fsp3) is 0.467. The minimum atomic E-state index is 0.211.